The largest absolute Gasteiger partial charge is 0.332 e. The number of nitro benzene ring substituents is 1. The second-order valence-electron chi connectivity index (χ2n) is 4.20. The molecule has 0 spiro atoms. The number of nitrogens with one attached hydrogen (secondary N) is 1. The zero-order valence-corrected chi connectivity index (χ0v) is 10.6. The Morgan fingerprint density at radius 2 is 2.37 bits per heavy atom. The van der Waals surface area contributed by atoms with Crippen molar-refractivity contribution in [3.05, 3.63) is 39.9 Å². The Balaban J connectivity index is 1.99. The molecule has 0 bridgehead atoms. The van der Waals surface area contributed by atoms with E-state index in [0.29, 0.717) is 23.0 Å². The molecule has 1 N–H and O–H groups in total. The maximum absolute atomic E-state index is 11.6. The van der Waals surface area contributed by atoms with Crippen LogP contribution in [0.15, 0.2) is 29.4 Å². The Labute approximate surface area is 112 Å². The highest BCUT2D eigenvalue weighted by molar-refractivity contribution is 7.99. The highest BCUT2D eigenvalue weighted by Gasteiger charge is 2.37. The maximum atomic E-state index is 11.6. The number of non-ortho nitro benzene ring substituents is 1. The highest BCUT2D eigenvalue weighted by atomic mass is 32.2. The van der Waals surface area contributed by atoms with Gasteiger partial charge in [0, 0.05) is 23.4 Å². The number of amides is 1. The molecular formula is C11H10N4O3S. The van der Waals surface area contributed by atoms with Crippen LogP contribution >= 0.6 is 11.8 Å². The second-order valence-corrected chi connectivity index (χ2v) is 5.20. The number of hydrogen-bond donors (Lipinski definition) is 1. The van der Waals surface area contributed by atoms with E-state index in [1.807, 2.05) is 4.90 Å². The van der Waals surface area contributed by atoms with Crippen LogP contribution in [0, 0.1) is 10.1 Å². The second kappa shape index (κ2) is 4.54. The number of rotatable bonds is 2. The summed E-state index contributed by atoms with van der Waals surface area (Å²) in [6.45, 7) is 0. The van der Waals surface area contributed by atoms with Gasteiger partial charge in [0.1, 0.15) is 6.04 Å². The number of carbonyl (C=O) groups is 1. The molecule has 0 aromatic heterocycles. The standard InChI is InChI=1S/C11H10N4O3S/c16-11-9-5-19-6-14(9)10(12-13-11)7-2-1-3-8(4-7)15(17)18/h1-4,9H,5-6H2,(H,13,16)/t9-/m0/s1. The minimum absolute atomic E-state index is 0.0144. The van der Waals surface area contributed by atoms with E-state index in [9.17, 15) is 14.9 Å². The molecule has 3 rings (SSSR count). The van der Waals surface area contributed by atoms with Crippen LogP contribution in [0.25, 0.3) is 0 Å². The average molecular weight is 278 g/mol. The van der Waals surface area contributed by atoms with Gasteiger partial charge >= 0.3 is 0 Å². The number of nitrogens with zero attached hydrogens (tertiary/aromatic N) is 3. The summed E-state index contributed by atoms with van der Waals surface area (Å²) in [5, 5.41) is 14.8. The minimum Gasteiger partial charge on any atom is -0.332 e. The number of thioether (sulfide) groups is 1. The van der Waals surface area contributed by atoms with Gasteiger partial charge < -0.3 is 4.90 Å². The van der Waals surface area contributed by atoms with Gasteiger partial charge in [0.15, 0.2) is 5.84 Å². The third kappa shape index (κ3) is 2.03. The molecule has 8 heteroatoms. The molecule has 0 radical (unpaired) electrons. The molecule has 1 atom stereocenters. The van der Waals surface area contributed by atoms with Crippen molar-refractivity contribution in [2.24, 2.45) is 5.10 Å². The number of hydrogen-bond acceptors (Lipinski definition) is 6. The van der Waals surface area contributed by atoms with Crippen molar-refractivity contribution < 1.29 is 9.72 Å². The lowest BCUT2D eigenvalue weighted by Gasteiger charge is -2.29. The number of nitro groups is 1. The van der Waals surface area contributed by atoms with Crippen LogP contribution in [0.5, 0.6) is 0 Å². The molecule has 1 fully saturated rings. The molecular weight excluding hydrogens is 268 g/mol. The molecule has 98 valence electrons. The molecule has 1 aromatic carbocycles. The first-order valence-electron chi connectivity index (χ1n) is 5.63. The fourth-order valence-corrected chi connectivity index (χ4v) is 3.26. The van der Waals surface area contributed by atoms with Gasteiger partial charge in [-0.2, -0.15) is 5.10 Å². The van der Waals surface area contributed by atoms with E-state index in [2.05, 4.69) is 10.5 Å². The first kappa shape index (κ1) is 12.0. The Morgan fingerprint density at radius 3 is 3.16 bits per heavy atom. The number of hydrazone groups is 1. The van der Waals surface area contributed by atoms with E-state index < -0.39 is 4.92 Å². The van der Waals surface area contributed by atoms with Crippen LogP contribution in [-0.2, 0) is 4.79 Å². The third-order valence-electron chi connectivity index (χ3n) is 3.04. The van der Waals surface area contributed by atoms with Crippen molar-refractivity contribution in [3.8, 4) is 0 Å². The molecule has 0 aliphatic carbocycles. The van der Waals surface area contributed by atoms with E-state index in [1.165, 1.54) is 12.1 Å². The summed E-state index contributed by atoms with van der Waals surface area (Å²) in [7, 11) is 0. The molecule has 2 aliphatic heterocycles. The Kier molecular flexibility index (Phi) is 2.86. The predicted molar refractivity (Wildman–Crippen MR) is 70.7 cm³/mol. The first-order valence-corrected chi connectivity index (χ1v) is 6.79. The predicted octanol–water partition coefficient (Wildman–Crippen LogP) is 0.761. The van der Waals surface area contributed by atoms with Gasteiger partial charge in [0.05, 0.1) is 10.8 Å². The summed E-state index contributed by atoms with van der Waals surface area (Å²) < 4.78 is 0. The van der Waals surface area contributed by atoms with Crippen molar-refractivity contribution >= 4 is 29.2 Å². The Hall–Kier alpha value is -2.09. The molecule has 19 heavy (non-hydrogen) atoms. The van der Waals surface area contributed by atoms with Crippen LogP contribution in [0.2, 0.25) is 0 Å². The van der Waals surface area contributed by atoms with Crippen molar-refractivity contribution in [3.63, 3.8) is 0 Å². The Morgan fingerprint density at radius 1 is 1.53 bits per heavy atom. The van der Waals surface area contributed by atoms with E-state index >= 15 is 0 Å². The number of benzene rings is 1. The molecule has 2 aliphatic rings. The lowest BCUT2D eigenvalue weighted by Crippen LogP contribution is -2.51. The van der Waals surface area contributed by atoms with Crippen molar-refractivity contribution in [1.82, 2.24) is 10.3 Å². The van der Waals surface area contributed by atoms with Crippen LogP contribution in [0.4, 0.5) is 5.69 Å². The van der Waals surface area contributed by atoms with Crippen LogP contribution in [-0.4, -0.2) is 39.2 Å². The monoisotopic (exact) mass is 278 g/mol. The van der Waals surface area contributed by atoms with Gasteiger partial charge in [-0.1, -0.05) is 12.1 Å². The van der Waals surface area contributed by atoms with Gasteiger partial charge in [-0.25, -0.2) is 5.43 Å². The Bertz CT molecular complexity index is 589. The summed E-state index contributed by atoms with van der Waals surface area (Å²) in [5.41, 5.74) is 3.13. The summed E-state index contributed by atoms with van der Waals surface area (Å²) in [5.74, 6) is 1.83. The van der Waals surface area contributed by atoms with Gasteiger partial charge in [-0.3, -0.25) is 14.9 Å². The van der Waals surface area contributed by atoms with Crippen molar-refractivity contribution in [2.45, 2.75) is 6.04 Å². The van der Waals surface area contributed by atoms with Gasteiger partial charge in [0.25, 0.3) is 11.6 Å². The molecule has 7 nitrogen and oxygen atoms in total. The van der Waals surface area contributed by atoms with E-state index in [4.69, 9.17) is 0 Å². The number of amidine groups is 1. The number of carbonyl (C=O) groups excluding carboxylic acids is 1. The lowest BCUT2D eigenvalue weighted by atomic mass is 10.1. The summed E-state index contributed by atoms with van der Waals surface area (Å²) >= 11 is 1.64. The quantitative estimate of drug-likeness (QED) is 0.637. The SMILES string of the molecule is O=C1NN=C(c2cccc([N+](=O)[O-])c2)N2CSC[C@@H]12. The fourth-order valence-electron chi connectivity index (χ4n) is 2.10. The lowest BCUT2D eigenvalue weighted by molar-refractivity contribution is -0.384. The van der Waals surface area contributed by atoms with Crippen molar-refractivity contribution in [2.75, 3.05) is 11.6 Å². The minimum atomic E-state index is -0.443. The van der Waals surface area contributed by atoms with Gasteiger partial charge in [-0.05, 0) is 0 Å². The maximum Gasteiger partial charge on any atom is 0.270 e. The fraction of sp³-hybridized carbons (Fsp3) is 0.273. The molecule has 0 saturated carbocycles. The van der Waals surface area contributed by atoms with Crippen LogP contribution in [0.1, 0.15) is 5.56 Å². The third-order valence-corrected chi connectivity index (χ3v) is 4.06. The normalized spacial score (nSPS) is 21.7. The van der Waals surface area contributed by atoms with Gasteiger partial charge in [0.2, 0.25) is 0 Å². The first-order chi connectivity index (χ1) is 9.16. The van der Waals surface area contributed by atoms with Crippen molar-refractivity contribution in [1.29, 1.82) is 0 Å². The zero-order valence-electron chi connectivity index (χ0n) is 9.78. The van der Waals surface area contributed by atoms with E-state index in [-0.39, 0.29) is 17.6 Å². The van der Waals surface area contributed by atoms with Crippen LogP contribution in [0.3, 0.4) is 0 Å². The zero-order chi connectivity index (χ0) is 13.4. The smallest absolute Gasteiger partial charge is 0.270 e. The molecule has 1 saturated heterocycles. The van der Waals surface area contributed by atoms with E-state index in [1.54, 1.807) is 23.9 Å². The number of fused-ring (bicyclic) bond motifs is 1. The van der Waals surface area contributed by atoms with Crippen LogP contribution < -0.4 is 5.43 Å². The summed E-state index contributed by atoms with van der Waals surface area (Å²) in [6.07, 6.45) is 0. The van der Waals surface area contributed by atoms with E-state index in [0.717, 1.165) is 0 Å². The molecule has 0 unspecified atom stereocenters. The van der Waals surface area contributed by atoms with Gasteiger partial charge in [-0.15, -0.1) is 11.8 Å². The molecule has 1 amide bonds. The molecule has 1 aromatic rings. The topological polar surface area (TPSA) is 87.8 Å². The molecule has 2 heterocycles. The average Bonchev–Trinajstić information content (AvgIpc) is 2.89. The highest BCUT2D eigenvalue weighted by Crippen LogP contribution is 2.26. The summed E-state index contributed by atoms with van der Waals surface area (Å²) in [4.78, 5) is 23.9. The summed E-state index contributed by atoms with van der Waals surface area (Å²) in [6, 6.07) is 6.03.